The van der Waals surface area contributed by atoms with Crippen molar-refractivity contribution in [2.24, 2.45) is 12.9 Å². The maximum atomic E-state index is 12.5. The first-order valence-corrected chi connectivity index (χ1v) is 5.88. The van der Waals surface area contributed by atoms with E-state index >= 15 is 0 Å². The van der Waals surface area contributed by atoms with E-state index in [4.69, 9.17) is 5.84 Å². The number of halogens is 3. The Labute approximate surface area is 113 Å². The number of nitrogens with one attached hydrogen (secondary N) is 1. The summed E-state index contributed by atoms with van der Waals surface area (Å²) in [6, 6.07) is 4.56. The van der Waals surface area contributed by atoms with E-state index in [1.165, 1.54) is 18.5 Å². The smallest absolute Gasteiger partial charge is 0.271 e. The highest BCUT2D eigenvalue weighted by atomic mass is 19.4. The maximum absolute atomic E-state index is 12.5. The normalized spacial score (nSPS) is 13.4. The zero-order valence-corrected chi connectivity index (χ0v) is 10.7. The van der Waals surface area contributed by atoms with Gasteiger partial charge in [0.15, 0.2) is 0 Å². The Morgan fingerprint density at radius 1 is 1.30 bits per heavy atom. The van der Waals surface area contributed by atoms with E-state index in [2.05, 4.69) is 15.5 Å². The molecule has 108 valence electrons. The summed E-state index contributed by atoms with van der Waals surface area (Å²) in [5.41, 5.74) is 2.55. The molecular weight excluding hydrogens is 271 g/mol. The van der Waals surface area contributed by atoms with Gasteiger partial charge in [0.05, 0.1) is 11.6 Å². The molecule has 0 saturated carbocycles. The highest BCUT2D eigenvalue weighted by molar-refractivity contribution is 5.27. The van der Waals surface area contributed by atoms with Gasteiger partial charge in [-0.2, -0.15) is 18.3 Å². The summed E-state index contributed by atoms with van der Waals surface area (Å²) >= 11 is 0. The molecular formula is C12H14F3N5. The first-order chi connectivity index (χ1) is 9.41. The Morgan fingerprint density at radius 3 is 2.40 bits per heavy atom. The average Bonchev–Trinajstić information content (AvgIpc) is 2.80. The Kier molecular flexibility index (Phi) is 4.05. The van der Waals surface area contributed by atoms with Crippen molar-refractivity contribution in [1.82, 2.24) is 20.2 Å². The third-order valence-corrected chi connectivity index (χ3v) is 3.03. The number of alkyl halides is 3. The Hall–Kier alpha value is -1.93. The molecule has 2 rings (SSSR count). The van der Waals surface area contributed by atoms with Crippen LogP contribution in [0.1, 0.15) is 23.0 Å². The zero-order valence-electron chi connectivity index (χ0n) is 10.7. The van der Waals surface area contributed by atoms with Gasteiger partial charge in [-0.15, -0.1) is 0 Å². The number of hydrogen-bond acceptors (Lipinski definition) is 4. The van der Waals surface area contributed by atoms with Gasteiger partial charge in [0.1, 0.15) is 12.2 Å². The largest absolute Gasteiger partial charge is 0.416 e. The zero-order chi connectivity index (χ0) is 14.8. The number of nitrogens with zero attached hydrogens (tertiary/aromatic N) is 3. The van der Waals surface area contributed by atoms with Crippen LogP contribution in [-0.4, -0.2) is 14.8 Å². The van der Waals surface area contributed by atoms with E-state index in [9.17, 15) is 13.2 Å². The molecule has 1 aromatic heterocycles. The second-order valence-corrected chi connectivity index (χ2v) is 4.34. The quantitative estimate of drug-likeness (QED) is 0.661. The standard InChI is InChI=1S/C12H14F3N5/c1-20-11(17-7-18-20)6-10(19-16)8-2-4-9(5-3-8)12(13,14)15/h2-5,7,10,19H,6,16H2,1H3. The molecule has 0 bridgehead atoms. The first-order valence-electron chi connectivity index (χ1n) is 5.88. The van der Waals surface area contributed by atoms with Crippen LogP contribution in [0.15, 0.2) is 30.6 Å². The van der Waals surface area contributed by atoms with Gasteiger partial charge in [0.25, 0.3) is 0 Å². The van der Waals surface area contributed by atoms with Crippen LogP contribution in [0, 0.1) is 0 Å². The number of aryl methyl sites for hydroxylation is 1. The Bertz CT molecular complexity index is 561. The van der Waals surface area contributed by atoms with Gasteiger partial charge >= 0.3 is 6.18 Å². The highest BCUT2D eigenvalue weighted by Crippen LogP contribution is 2.30. The van der Waals surface area contributed by atoms with E-state index in [1.807, 2.05) is 0 Å². The molecule has 1 unspecified atom stereocenters. The van der Waals surface area contributed by atoms with E-state index in [0.29, 0.717) is 17.8 Å². The number of aromatic nitrogens is 3. The molecule has 0 amide bonds. The molecule has 3 N–H and O–H groups in total. The molecule has 0 spiro atoms. The van der Waals surface area contributed by atoms with Gasteiger partial charge < -0.3 is 0 Å². The average molecular weight is 285 g/mol. The van der Waals surface area contributed by atoms with Crippen LogP contribution >= 0.6 is 0 Å². The molecule has 8 heteroatoms. The number of nitrogens with two attached hydrogens (primary N) is 1. The minimum Gasteiger partial charge on any atom is -0.271 e. The van der Waals surface area contributed by atoms with Crippen molar-refractivity contribution >= 4 is 0 Å². The van der Waals surface area contributed by atoms with Crippen LogP contribution in [-0.2, 0) is 19.6 Å². The van der Waals surface area contributed by atoms with Crippen molar-refractivity contribution in [2.75, 3.05) is 0 Å². The summed E-state index contributed by atoms with van der Waals surface area (Å²) in [5, 5.41) is 3.93. The summed E-state index contributed by atoms with van der Waals surface area (Å²) < 4.78 is 39.1. The molecule has 20 heavy (non-hydrogen) atoms. The number of hydrazine groups is 1. The molecule has 1 aromatic carbocycles. The fourth-order valence-corrected chi connectivity index (χ4v) is 1.86. The van der Waals surface area contributed by atoms with Crippen LogP contribution in [0.2, 0.25) is 0 Å². The van der Waals surface area contributed by atoms with Crippen LogP contribution in [0.25, 0.3) is 0 Å². The molecule has 0 fully saturated rings. The Balaban J connectivity index is 2.18. The summed E-state index contributed by atoms with van der Waals surface area (Å²) in [6.45, 7) is 0. The lowest BCUT2D eigenvalue weighted by molar-refractivity contribution is -0.137. The van der Waals surface area contributed by atoms with Crippen molar-refractivity contribution in [1.29, 1.82) is 0 Å². The Morgan fingerprint density at radius 2 is 1.95 bits per heavy atom. The second-order valence-electron chi connectivity index (χ2n) is 4.34. The second kappa shape index (κ2) is 5.59. The predicted molar refractivity (Wildman–Crippen MR) is 66.2 cm³/mol. The van der Waals surface area contributed by atoms with E-state index in [1.54, 1.807) is 11.7 Å². The molecule has 0 radical (unpaired) electrons. The van der Waals surface area contributed by atoms with E-state index < -0.39 is 11.7 Å². The first kappa shape index (κ1) is 14.5. The minimum absolute atomic E-state index is 0.333. The lowest BCUT2D eigenvalue weighted by Gasteiger charge is -2.16. The van der Waals surface area contributed by atoms with Gasteiger partial charge in [-0.05, 0) is 17.7 Å². The van der Waals surface area contributed by atoms with Crippen LogP contribution in [0.4, 0.5) is 13.2 Å². The van der Waals surface area contributed by atoms with Crippen molar-refractivity contribution in [3.05, 3.63) is 47.5 Å². The van der Waals surface area contributed by atoms with Crippen molar-refractivity contribution in [3.8, 4) is 0 Å². The third-order valence-electron chi connectivity index (χ3n) is 3.03. The molecule has 0 aliphatic heterocycles. The summed E-state index contributed by atoms with van der Waals surface area (Å²) in [6.07, 6.45) is -2.50. The third kappa shape index (κ3) is 3.14. The topological polar surface area (TPSA) is 68.8 Å². The number of benzene rings is 1. The van der Waals surface area contributed by atoms with Gasteiger partial charge in [0.2, 0.25) is 0 Å². The molecule has 1 atom stereocenters. The molecule has 1 heterocycles. The highest BCUT2D eigenvalue weighted by Gasteiger charge is 2.30. The fourth-order valence-electron chi connectivity index (χ4n) is 1.86. The lowest BCUT2D eigenvalue weighted by atomic mass is 10.0. The van der Waals surface area contributed by atoms with Crippen molar-refractivity contribution in [2.45, 2.75) is 18.6 Å². The monoisotopic (exact) mass is 285 g/mol. The lowest BCUT2D eigenvalue weighted by Crippen LogP contribution is -2.30. The molecule has 0 aliphatic carbocycles. The SMILES string of the molecule is Cn1ncnc1CC(NN)c1ccc(C(F)(F)F)cc1. The van der Waals surface area contributed by atoms with Crippen molar-refractivity contribution < 1.29 is 13.2 Å². The van der Waals surface area contributed by atoms with Gasteiger partial charge in [-0.1, -0.05) is 12.1 Å². The molecule has 5 nitrogen and oxygen atoms in total. The summed E-state index contributed by atoms with van der Waals surface area (Å²) in [5.74, 6) is 6.15. The van der Waals surface area contributed by atoms with Gasteiger partial charge in [-0.25, -0.2) is 4.98 Å². The molecule has 0 saturated heterocycles. The van der Waals surface area contributed by atoms with Crippen LogP contribution < -0.4 is 11.3 Å². The molecule has 0 aliphatic rings. The minimum atomic E-state index is -4.34. The molecule has 2 aromatic rings. The van der Waals surface area contributed by atoms with Crippen LogP contribution in [0.5, 0.6) is 0 Å². The number of rotatable bonds is 4. The van der Waals surface area contributed by atoms with E-state index in [-0.39, 0.29) is 6.04 Å². The van der Waals surface area contributed by atoms with E-state index in [0.717, 1.165) is 12.1 Å². The van der Waals surface area contributed by atoms with Gasteiger partial charge in [0, 0.05) is 13.5 Å². The summed E-state index contributed by atoms with van der Waals surface area (Å²) in [4.78, 5) is 4.06. The fraction of sp³-hybridized carbons (Fsp3) is 0.333. The van der Waals surface area contributed by atoms with Gasteiger partial charge in [-0.3, -0.25) is 16.0 Å². The predicted octanol–water partition coefficient (Wildman–Crippen LogP) is 1.58. The maximum Gasteiger partial charge on any atom is 0.416 e. The number of hydrogen-bond donors (Lipinski definition) is 2. The van der Waals surface area contributed by atoms with Crippen molar-refractivity contribution in [3.63, 3.8) is 0 Å². The van der Waals surface area contributed by atoms with Crippen LogP contribution in [0.3, 0.4) is 0 Å². The summed E-state index contributed by atoms with van der Waals surface area (Å²) in [7, 11) is 1.74.